The highest BCUT2D eigenvalue weighted by atomic mass is 16.5. The van der Waals surface area contributed by atoms with Crippen LogP contribution < -0.4 is 15.4 Å². The van der Waals surface area contributed by atoms with E-state index in [9.17, 15) is 4.79 Å². The summed E-state index contributed by atoms with van der Waals surface area (Å²) < 4.78 is 5.59. The van der Waals surface area contributed by atoms with Crippen LogP contribution in [0.3, 0.4) is 0 Å². The fourth-order valence-electron chi connectivity index (χ4n) is 3.46. The second-order valence-electron chi connectivity index (χ2n) is 5.97. The van der Waals surface area contributed by atoms with Gasteiger partial charge in [-0.2, -0.15) is 0 Å². The predicted molar refractivity (Wildman–Crippen MR) is 80.2 cm³/mol. The molecule has 1 heterocycles. The first-order valence-electron chi connectivity index (χ1n) is 7.50. The number of carbonyl (C=O) groups excluding carboxylic acids is 1. The molecule has 1 spiro atoms. The summed E-state index contributed by atoms with van der Waals surface area (Å²) in [5.41, 5.74) is 1.32. The van der Waals surface area contributed by atoms with Gasteiger partial charge in [0.15, 0.2) is 0 Å². The van der Waals surface area contributed by atoms with Crippen LogP contribution in [0, 0.1) is 5.92 Å². The summed E-state index contributed by atoms with van der Waals surface area (Å²) in [6.07, 6.45) is 4.11. The van der Waals surface area contributed by atoms with Crippen LogP contribution in [0.25, 0.3) is 0 Å². The SMILES string of the molecule is CCOc1cccc2c1NC(=O)C1(CCCC(C)C1)N2. The second kappa shape index (κ2) is 5.00. The molecule has 0 saturated heterocycles. The summed E-state index contributed by atoms with van der Waals surface area (Å²) >= 11 is 0. The minimum Gasteiger partial charge on any atom is -0.492 e. The summed E-state index contributed by atoms with van der Waals surface area (Å²) in [7, 11) is 0. The lowest BCUT2D eigenvalue weighted by atomic mass is 9.74. The number of amides is 1. The Morgan fingerprint density at radius 1 is 1.45 bits per heavy atom. The van der Waals surface area contributed by atoms with Gasteiger partial charge >= 0.3 is 0 Å². The zero-order valence-electron chi connectivity index (χ0n) is 12.2. The fraction of sp³-hybridized carbons (Fsp3) is 0.562. The quantitative estimate of drug-likeness (QED) is 0.869. The summed E-state index contributed by atoms with van der Waals surface area (Å²) in [5.74, 6) is 1.41. The van der Waals surface area contributed by atoms with Gasteiger partial charge in [0.1, 0.15) is 17.0 Å². The Morgan fingerprint density at radius 2 is 2.30 bits per heavy atom. The minimum absolute atomic E-state index is 0.0868. The van der Waals surface area contributed by atoms with Gasteiger partial charge in [0, 0.05) is 0 Å². The van der Waals surface area contributed by atoms with Gasteiger partial charge in [0.05, 0.1) is 12.3 Å². The van der Waals surface area contributed by atoms with E-state index in [1.54, 1.807) is 0 Å². The van der Waals surface area contributed by atoms with E-state index in [4.69, 9.17) is 4.74 Å². The normalized spacial score (nSPS) is 28.5. The van der Waals surface area contributed by atoms with E-state index in [2.05, 4.69) is 17.6 Å². The lowest BCUT2D eigenvalue weighted by Crippen LogP contribution is -2.54. The van der Waals surface area contributed by atoms with Crippen LogP contribution in [0.2, 0.25) is 0 Å². The van der Waals surface area contributed by atoms with E-state index in [1.165, 1.54) is 6.42 Å². The van der Waals surface area contributed by atoms with Crippen LogP contribution in [-0.4, -0.2) is 18.1 Å². The van der Waals surface area contributed by atoms with Gasteiger partial charge in [-0.25, -0.2) is 0 Å². The number of para-hydroxylation sites is 1. The predicted octanol–water partition coefficient (Wildman–Crippen LogP) is 3.40. The van der Waals surface area contributed by atoms with Crippen LogP contribution >= 0.6 is 0 Å². The van der Waals surface area contributed by atoms with Crippen molar-refractivity contribution >= 4 is 17.3 Å². The Kier molecular flexibility index (Phi) is 3.32. The molecule has 3 rings (SSSR count). The zero-order valence-corrected chi connectivity index (χ0v) is 12.2. The average molecular weight is 274 g/mol. The van der Waals surface area contributed by atoms with E-state index in [0.717, 1.165) is 36.4 Å². The number of carbonyl (C=O) groups is 1. The number of ether oxygens (including phenoxy) is 1. The molecule has 2 aliphatic rings. The summed E-state index contributed by atoms with van der Waals surface area (Å²) in [4.78, 5) is 12.6. The molecule has 1 aromatic carbocycles. The van der Waals surface area contributed by atoms with Gasteiger partial charge in [-0.15, -0.1) is 0 Å². The summed E-state index contributed by atoms with van der Waals surface area (Å²) in [6.45, 7) is 4.76. The molecule has 1 aliphatic carbocycles. The molecule has 1 aromatic rings. The van der Waals surface area contributed by atoms with Crippen molar-refractivity contribution in [2.24, 2.45) is 5.92 Å². The summed E-state index contributed by atoms with van der Waals surface area (Å²) in [6, 6.07) is 5.87. The van der Waals surface area contributed by atoms with Gasteiger partial charge < -0.3 is 15.4 Å². The van der Waals surface area contributed by atoms with Crippen molar-refractivity contribution in [1.82, 2.24) is 0 Å². The maximum Gasteiger partial charge on any atom is 0.250 e. The highest BCUT2D eigenvalue weighted by molar-refractivity contribution is 6.07. The van der Waals surface area contributed by atoms with Crippen molar-refractivity contribution in [3.8, 4) is 5.75 Å². The third-order valence-corrected chi connectivity index (χ3v) is 4.37. The number of hydrogen-bond acceptors (Lipinski definition) is 3. The molecule has 2 atom stereocenters. The van der Waals surface area contributed by atoms with Crippen LogP contribution in [0.1, 0.15) is 39.5 Å². The Hall–Kier alpha value is -1.71. The molecule has 4 nitrogen and oxygen atoms in total. The summed E-state index contributed by atoms with van der Waals surface area (Å²) in [5, 5.41) is 6.57. The molecule has 20 heavy (non-hydrogen) atoms. The number of fused-ring (bicyclic) bond motifs is 1. The third kappa shape index (κ3) is 2.13. The number of anilines is 2. The molecule has 2 N–H and O–H groups in total. The highest BCUT2D eigenvalue weighted by Crippen LogP contribution is 2.43. The Labute approximate surface area is 119 Å². The van der Waals surface area contributed by atoms with Gasteiger partial charge in [0.2, 0.25) is 5.91 Å². The van der Waals surface area contributed by atoms with E-state index >= 15 is 0 Å². The van der Waals surface area contributed by atoms with E-state index in [0.29, 0.717) is 12.5 Å². The first kappa shape index (κ1) is 13.3. The van der Waals surface area contributed by atoms with Gasteiger partial charge in [-0.3, -0.25) is 4.79 Å². The topological polar surface area (TPSA) is 50.4 Å². The van der Waals surface area contributed by atoms with Gasteiger partial charge in [-0.05, 0) is 37.8 Å². The molecule has 0 aromatic heterocycles. The Morgan fingerprint density at radius 3 is 3.05 bits per heavy atom. The maximum absolute atomic E-state index is 12.6. The maximum atomic E-state index is 12.6. The van der Waals surface area contributed by atoms with Crippen LogP contribution in [0.15, 0.2) is 18.2 Å². The molecular weight excluding hydrogens is 252 g/mol. The highest BCUT2D eigenvalue weighted by Gasteiger charge is 2.45. The van der Waals surface area contributed by atoms with Gasteiger partial charge in [0.25, 0.3) is 0 Å². The van der Waals surface area contributed by atoms with Crippen molar-refractivity contribution < 1.29 is 9.53 Å². The van der Waals surface area contributed by atoms with Crippen molar-refractivity contribution in [1.29, 1.82) is 0 Å². The van der Waals surface area contributed by atoms with E-state index < -0.39 is 5.54 Å². The Balaban J connectivity index is 1.95. The van der Waals surface area contributed by atoms with Crippen molar-refractivity contribution in [3.63, 3.8) is 0 Å². The molecule has 108 valence electrons. The molecule has 2 unspecified atom stereocenters. The number of nitrogens with one attached hydrogen (secondary N) is 2. The lowest BCUT2D eigenvalue weighted by molar-refractivity contribution is -0.122. The molecule has 0 radical (unpaired) electrons. The zero-order chi connectivity index (χ0) is 14.2. The first-order valence-corrected chi connectivity index (χ1v) is 7.50. The van der Waals surface area contributed by atoms with Crippen molar-refractivity contribution in [3.05, 3.63) is 18.2 Å². The number of rotatable bonds is 2. The number of hydrogen-bond donors (Lipinski definition) is 2. The minimum atomic E-state index is -0.435. The van der Waals surface area contributed by atoms with Crippen molar-refractivity contribution in [2.75, 3.05) is 17.2 Å². The van der Waals surface area contributed by atoms with Gasteiger partial charge in [-0.1, -0.05) is 25.8 Å². The van der Waals surface area contributed by atoms with Crippen LogP contribution in [-0.2, 0) is 4.79 Å². The molecule has 1 amide bonds. The molecular formula is C16H22N2O2. The average Bonchev–Trinajstić information content (AvgIpc) is 2.41. The standard InChI is InChI=1S/C16H22N2O2/c1-3-20-13-8-4-7-12-14(13)17-15(19)16(18-12)9-5-6-11(2)10-16/h4,7-8,11,18H,3,5-6,9-10H2,1-2H3,(H,17,19). The Bertz CT molecular complexity index is 529. The molecule has 1 saturated carbocycles. The molecule has 0 bridgehead atoms. The molecule has 1 fully saturated rings. The van der Waals surface area contributed by atoms with Crippen molar-refractivity contribution in [2.45, 2.75) is 45.1 Å². The lowest BCUT2D eigenvalue weighted by Gasteiger charge is -2.43. The number of benzene rings is 1. The monoisotopic (exact) mass is 274 g/mol. The van der Waals surface area contributed by atoms with E-state index in [1.807, 2.05) is 25.1 Å². The van der Waals surface area contributed by atoms with Crippen LogP contribution in [0.4, 0.5) is 11.4 Å². The molecule has 4 heteroatoms. The van der Waals surface area contributed by atoms with Crippen LogP contribution in [0.5, 0.6) is 5.75 Å². The third-order valence-electron chi connectivity index (χ3n) is 4.37. The fourth-order valence-corrected chi connectivity index (χ4v) is 3.46. The molecule has 1 aliphatic heterocycles. The second-order valence-corrected chi connectivity index (χ2v) is 5.97. The van der Waals surface area contributed by atoms with E-state index in [-0.39, 0.29) is 5.91 Å². The smallest absolute Gasteiger partial charge is 0.250 e. The largest absolute Gasteiger partial charge is 0.492 e. The first-order chi connectivity index (χ1) is 9.64.